The van der Waals surface area contributed by atoms with Crippen LogP contribution in [0.25, 0.3) is 11.3 Å². The SMILES string of the molecule is COc1ccc(-c2cc(C(=O)NN=C(C)c3ccc(F)cc3)[nH]n2)cc1OC. The van der Waals surface area contributed by atoms with Crippen molar-refractivity contribution in [2.75, 3.05) is 14.2 Å². The quantitative estimate of drug-likeness (QED) is 0.505. The maximum Gasteiger partial charge on any atom is 0.289 e. The van der Waals surface area contributed by atoms with Crippen molar-refractivity contribution < 1.29 is 18.7 Å². The van der Waals surface area contributed by atoms with E-state index in [0.717, 1.165) is 5.56 Å². The number of aromatic nitrogens is 2. The number of carbonyl (C=O) groups is 1. The molecule has 0 fully saturated rings. The van der Waals surface area contributed by atoms with Gasteiger partial charge in [0.15, 0.2) is 11.5 Å². The van der Waals surface area contributed by atoms with Gasteiger partial charge in [-0.3, -0.25) is 9.89 Å². The molecule has 0 saturated heterocycles. The molecule has 0 aliphatic heterocycles. The van der Waals surface area contributed by atoms with Crippen LogP contribution in [-0.4, -0.2) is 36.0 Å². The summed E-state index contributed by atoms with van der Waals surface area (Å²) >= 11 is 0. The van der Waals surface area contributed by atoms with Crippen LogP contribution in [0.5, 0.6) is 11.5 Å². The topological polar surface area (TPSA) is 88.6 Å². The number of rotatable bonds is 6. The molecule has 8 heteroatoms. The fraction of sp³-hybridized carbons (Fsp3) is 0.150. The Hall–Kier alpha value is -3.68. The van der Waals surface area contributed by atoms with Crippen LogP contribution in [0.3, 0.4) is 0 Å². The Labute approximate surface area is 161 Å². The summed E-state index contributed by atoms with van der Waals surface area (Å²) in [5.74, 6) is 0.389. The average Bonchev–Trinajstić information content (AvgIpc) is 3.22. The van der Waals surface area contributed by atoms with Gasteiger partial charge in [0, 0.05) is 5.56 Å². The van der Waals surface area contributed by atoms with E-state index >= 15 is 0 Å². The fourth-order valence-electron chi connectivity index (χ4n) is 2.53. The van der Waals surface area contributed by atoms with Crippen LogP contribution >= 0.6 is 0 Å². The zero-order valence-corrected chi connectivity index (χ0v) is 15.6. The van der Waals surface area contributed by atoms with Crippen LogP contribution in [0.1, 0.15) is 23.0 Å². The highest BCUT2D eigenvalue weighted by molar-refractivity contribution is 6.00. The highest BCUT2D eigenvalue weighted by atomic mass is 19.1. The minimum Gasteiger partial charge on any atom is -0.493 e. The Balaban J connectivity index is 1.73. The molecule has 0 unspecified atom stereocenters. The van der Waals surface area contributed by atoms with E-state index in [4.69, 9.17) is 9.47 Å². The molecule has 7 nitrogen and oxygen atoms in total. The summed E-state index contributed by atoms with van der Waals surface area (Å²) in [5.41, 5.74) is 5.30. The van der Waals surface area contributed by atoms with Crippen molar-refractivity contribution in [2.24, 2.45) is 5.10 Å². The first-order chi connectivity index (χ1) is 13.5. The van der Waals surface area contributed by atoms with Crippen molar-refractivity contribution in [2.45, 2.75) is 6.92 Å². The predicted molar refractivity (Wildman–Crippen MR) is 103 cm³/mol. The van der Waals surface area contributed by atoms with Gasteiger partial charge in [-0.1, -0.05) is 12.1 Å². The Morgan fingerprint density at radius 1 is 1.07 bits per heavy atom. The number of halogens is 1. The summed E-state index contributed by atoms with van der Waals surface area (Å²) in [6.45, 7) is 1.72. The number of benzene rings is 2. The van der Waals surface area contributed by atoms with Crippen LogP contribution in [0.4, 0.5) is 4.39 Å². The Bertz CT molecular complexity index is 1010. The van der Waals surface area contributed by atoms with Gasteiger partial charge < -0.3 is 9.47 Å². The second-order valence-corrected chi connectivity index (χ2v) is 5.88. The van der Waals surface area contributed by atoms with Crippen molar-refractivity contribution in [3.05, 3.63) is 65.6 Å². The maximum absolute atomic E-state index is 13.0. The summed E-state index contributed by atoms with van der Waals surface area (Å²) in [6.07, 6.45) is 0. The van der Waals surface area contributed by atoms with Crippen molar-refractivity contribution in [1.82, 2.24) is 15.6 Å². The molecular weight excluding hydrogens is 363 g/mol. The van der Waals surface area contributed by atoms with Gasteiger partial charge in [-0.25, -0.2) is 9.82 Å². The summed E-state index contributed by atoms with van der Waals surface area (Å²) in [6, 6.07) is 12.8. The predicted octanol–water partition coefficient (Wildman–Crippen LogP) is 3.39. The molecule has 3 rings (SSSR count). The van der Waals surface area contributed by atoms with E-state index < -0.39 is 5.91 Å². The lowest BCUT2D eigenvalue weighted by Gasteiger charge is -2.08. The lowest BCUT2D eigenvalue weighted by molar-refractivity contribution is 0.0950. The summed E-state index contributed by atoms with van der Waals surface area (Å²) in [7, 11) is 3.11. The molecule has 2 N–H and O–H groups in total. The van der Waals surface area contributed by atoms with Gasteiger partial charge in [-0.15, -0.1) is 0 Å². The molecule has 0 atom stereocenters. The molecule has 0 bridgehead atoms. The Morgan fingerprint density at radius 3 is 2.46 bits per heavy atom. The van der Waals surface area contributed by atoms with Crippen molar-refractivity contribution >= 4 is 11.6 Å². The summed E-state index contributed by atoms with van der Waals surface area (Å²) in [4.78, 5) is 12.3. The van der Waals surface area contributed by atoms with Crippen LogP contribution in [0.15, 0.2) is 53.6 Å². The third-order valence-electron chi connectivity index (χ3n) is 4.09. The summed E-state index contributed by atoms with van der Waals surface area (Å²) in [5, 5.41) is 10.9. The molecule has 2 aromatic carbocycles. The lowest BCUT2D eigenvalue weighted by atomic mass is 10.1. The van der Waals surface area contributed by atoms with Crippen LogP contribution < -0.4 is 14.9 Å². The molecule has 0 radical (unpaired) electrons. The molecule has 1 amide bonds. The minimum atomic E-state index is -0.444. The number of hydrogen-bond acceptors (Lipinski definition) is 5. The molecule has 1 heterocycles. The van der Waals surface area contributed by atoms with E-state index in [1.807, 2.05) is 6.07 Å². The number of methoxy groups -OCH3 is 2. The Morgan fingerprint density at radius 2 is 1.79 bits per heavy atom. The molecule has 0 spiro atoms. The monoisotopic (exact) mass is 382 g/mol. The van der Waals surface area contributed by atoms with E-state index in [1.54, 1.807) is 51.5 Å². The van der Waals surface area contributed by atoms with Gasteiger partial charge in [0.1, 0.15) is 11.5 Å². The number of carbonyl (C=O) groups excluding carboxylic acids is 1. The minimum absolute atomic E-state index is 0.250. The molecular formula is C20H19FN4O3. The highest BCUT2D eigenvalue weighted by Gasteiger charge is 2.13. The number of hydrazone groups is 1. The number of nitrogens with zero attached hydrogens (tertiary/aromatic N) is 2. The molecule has 1 aromatic heterocycles. The maximum atomic E-state index is 13.0. The first-order valence-electron chi connectivity index (χ1n) is 8.40. The number of nitrogens with one attached hydrogen (secondary N) is 2. The molecule has 144 valence electrons. The van der Waals surface area contributed by atoms with Gasteiger partial charge in [-0.05, 0) is 48.9 Å². The third-order valence-corrected chi connectivity index (χ3v) is 4.09. The van der Waals surface area contributed by atoms with Crippen LogP contribution in [0.2, 0.25) is 0 Å². The fourth-order valence-corrected chi connectivity index (χ4v) is 2.53. The number of ether oxygens (including phenoxy) is 2. The Kier molecular flexibility index (Phi) is 5.69. The van der Waals surface area contributed by atoms with E-state index in [2.05, 4.69) is 20.7 Å². The number of amides is 1. The van der Waals surface area contributed by atoms with E-state index in [-0.39, 0.29) is 11.5 Å². The number of aromatic amines is 1. The van der Waals surface area contributed by atoms with Crippen LogP contribution in [0, 0.1) is 5.82 Å². The highest BCUT2D eigenvalue weighted by Crippen LogP contribution is 2.31. The normalized spacial score (nSPS) is 11.2. The van der Waals surface area contributed by atoms with E-state index in [0.29, 0.717) is 28.5 Å². The first-order valence-corrected chi connectivity index (χ1v) is 8.40. The van der Waals surface area contributed by atoms with Crippen molar-refractivity contribution in [3.8, 4) is 22.8 Å². The summed E-state index contributed by atoms with van der Waals surface area (Å²) < 4.78 is 23.5. The lowest BCUT2D eigenvalue weighted by Crippen LogP contribution is -2.19. The third kappa shape index (κ3) is 4.17. The van der Waals surface area contributed by atoms with Crippen LogP contribution in [-0.2, 0) is 0 Å². The molecule has 28 heavy (non-hydrogen) atoms. The smallest absolute Gasteiger partial charge is 0.289 e. The van der Waals surface area contributed by atoms with Gasteiger partial charge in [0.05, 0.1) is 25.6 Å². The molecule has 0 aliphatic carbocycles. The van der Waals surface area contributed by atoms with Gasteiger partial charge >= 0.3 is 0 Å². The average molecular weight is 382 g/mol. The number of hydrogen-bond donors (Lipinski definition) is 2. The molecule has 0 aliphatic rings. The molecule has 3 aromatic rings. The van der Waals surface area contributed by atoms with Crippen molar-refractivity contribution in [1.29, 1.82) is 0 Å². The van der Waals surface area contributed by atoms with E-state index in [9.17, 15) is 9.18 Å². The van der Waals surface area contributed by atoms with Gasteiger partial charge in [0.2, 0.25) is 0 Å². The number of H-pyrrole nitrogens is 1. The van der Waals surface area contributed by atoms with Gasteiger partial charge in [0.25, 0.3) is 5.91 Å². The zero-order valence-electron chi connectivity index (χ0n) is 15.6. The largest absolute Gasteiger partial charge is 0.493 e. The second-order valence-electron chi connectivity index (χ2n) is 5.88. The zero-order chi connectivity index (χ0) is 20.1. The first kappa shape index (κ1) is 19.1. The molecule has 0 saturated carbocycles. The standard InChI is InChI=1S/C20H19FN4O3/c1-12(13-4-7-15(21)8-5-13)22-25-20(26)17-11-16(23-24-17)14-6-9-18(27-2)19(10-14)28-3/h4-11H,1-3H3,(H,23,24)(H,25,26). The second kappa shape index (κ2) is 8.34. The van der Waals surface area contributed by atoms with Crippen molar-refractivity contribution in [3.63, 3.8) is 0 Å². The van der Waals surface area contributed by atoms with E-state index in [1.165, 1.54) is 12.1 Å². The van der Waals surface area contributed by atoms with Gasteiger partial charge in [-0.2, -0.15) is 10.2 Å².